The van der Waals surface area contributed by atoms with Gasteiger partial charge in [0.1, 0.15) is 6.10 Å². The third-order valence-corrected chi connectivity index (χ3v) is 5.84. The maximum absolute atomic E-state index is 12.2. The Labute approximate surface area is 175 Å². The highest BCUT2D eigenvalue weighted by Crippen LogP contribution is 2.26. The van der Waals surface area contributed by atoms with Crippen molar-refractivity contribution in [3.05, 3.63) is 45.6 Å². The normalized spacial score (nSPS) is 19.1. The fraction of sp³-hybridized carbons (Fsp3) is 0.316. The van der Waals surface area contributed by atoms with Crippen molar-refractivity contribution in [3.63, 3.8) is 0 Å². The second-order valence-electron chi connectivity index (χ2n) is 6.57. The van der Waals surface area contributed by atoms with Crippen LogP contribution in [0.4, 0.5) is 21.0 Å². The van der Waals surface area contributed by atoms with Crippen molar-refractivity contribution in [1.82, 2.24) is 5.32 Å². The number of benzene rings is 1. The van der Waals surface area contributed by atoms with Crippen LogP contribution in [-0.2, 0) is 9.47 Å². The minimum atomic E-state index is -0.478. The smallest absolute Gasteiger partial charge is 0.414 e. The highest BCUT2D eigenvalue weighted by molar-refractivity contribution is 7.18. The van der Waals surface area contributed by atoms with E-state index in [1.165, 1.54) is 16.2 Å². The van der Waals surface area contributed by atoms with Crippen molar-refractivity contribution in [3.8, 4) is 0 Å². The molecule has 10 heteroatoms. The van der Waals surface area contributed by atoms with E-state index in [9.17, 15) is 14.4 Å². The summed E-state index contributed by atoms with van der Waals surface area (Å²) in [6, 6.07) is 10.4. The van der Waals surface area contributed by atoms with Gasteiger partial charge in [0, 0.05) is 17.9 Å². The number of cyclic esters (lactones) is 2. The van der Waals surface area contributed by atoms with E-state index in [1.54, 1.807) is 41.3 Å². The van der Waals surface area contributed by atoms with Gasteiger partial charge >= 0.3 is 12.2 Å². The maximum atomic E-state index is 12.2. The second-order valence-corrected chi connectivity index (χ2v) is 8.28. The van der Waals surface area contributed by atoms with Crippen LogP contribution in [0.25, 0.3) is 0 Å². The third kappa shape index (κ3) is 4.30. The van der Waals surface area contributed by atoms with Crippen molar-refractivity contribution in [2.75, 3.05) is 36.0 Å². The fourth-order valence-corrected chi connectivity index (χ4v) is 4.13. The monoisotopic (exact) mass is 435 g/mol. The van der Waals surface area contributed by atoms with Gasteiger partial charge in [-0.3, -0.25) is 14.6 Å². The Morgan fingerprint density at radius 1 is 1.10 bits per heavy atom. The average molecular weight is 436 g/mol. The Morgan fingerprint density at radius 2 is 1.83 bits per heavy atom. The Morgan fingerprint density at radius 3 is 2.48 bits per heavy atom. The second kappa shape index (κ2) is 8.30. The van der Waals surface area contributed by atoms with Gasteiger partial charge in [-0.15, -0.1) is 11.3 Å². The fourth-order valence-electron chi connectivity index (χ4n) is 3.17. The van der Waals surface area contributed by atoms with E-state index >= 15 is 0 Å². The van der Waals surface area contributed by atoms with Crippen LogP contribution < -0.4 is 15.1 Å². The molecule has 1 aromatic carbocycles. The molecule has 2 saturated heterocycles. The number of hydrogen-bond acceptors (Lipinski definition) is 6. The number of thiophene rings is 1. The number of hydrogen-bond donors (Lipinski definition) is 1. The van der Waals surface area contributed by atoms with E-state index in [0.717, 1.165) is 6.42 Å². The quantitative estimate of drug-likeness (QED) is 0.776. The number of halogens is 1. The van der Waals surface area contributed by atoms with E-state index in [0.29, 0.717) is 40.3 Å². The molecule has 1 N–H and O–H groups in total. The van der Waals surface area contributed by atoms with Crippen LogP contribution in [0.15, 0.2) is 36.4 Å². The van der Waals surface area contributed by atoms with Gasteiger partial charge in [-0.1, -0.05) is 11.6 Å². The molecule has 2 fully saturated rings. The molecule has 8 nitrogen and oxygen atoms in total. The van der Waals surface area contributed by atoms with Gasteiger partial charge in [0.2, 0.25) is 0 Å². The Bertz CT molecular complexity index is 932. The molecular weight excluding hydrogens is 418 g/mol. The molecule has 152 valence electrons. The van der Waals surface area contributed by atoms with Gasteiger partial charge < -0.3 is 14.8 Å². The zero-order valence-electron chi connectivity index (χ0n) is 15.3. The first-order chi connectivity index (χ1) is 14.0. The van der Waals surface area contributed by atoms with E-state index in [1.807, 2.05) is 0 Å². The minimum absolute atomic E-state index is 0.203. The highest BCUT2D eigenvalue weighted by Gasteiger charge is 2.33. The zero-order chi connectivity index (χ0) is 20.4. The lowest BCUT2D eigenvalue weighted by Crippen LogP contribution is -2.37. The van der Waals surface area contributed by atoms with E-state index in [-0.39, 0.29) is 18.5 Å². The van der Waals surface area contributed by atoms with Gasteiger partial charge in [-0.25, -0.2) is 9.59 Å². The summed E-state index contributed by atoms with van der Waals surface area (Å²) in [5.41, 5.74) is 1.37. The average Bonchev–Trinajstić information content (AvgIpc) is 3.32. The van der Waals surface area contributed by atoms with Crippen molar-refractivity contribution in [2.45, 2.75) is 12.5 Å². The summed E-state index contributed by atoms with van der Waals surface area (Å²) in [7, 11) is 0. The molecule has 1 aromatic heterocycles. The molecule has 0 spiro atoms. The lowest BCUT2D eigenvalue weighted by atomic mass is 10.2. The number of ether oxygens (including phenoxy) is 2. The lowest BCUT2D eigenvalue weighted by molar-refractivity contribution is 0.0920. The lowest BCUT2D eigenvalue weighted by Gasteiger charge is -2.26. The molecule has 2 aliphatic rings. The van der Waals surface area contributed by atoms with Crippen molar-refractivity contribution in [1.29, 1.82) is 0 Å². The van der Waals surface area contributed by atoms with Gasteiger partial charge in [0.25, 0.3) is 5.91 Å². The summed E-state index contributed by atoms with van der Waals surface area (Å²) in [5, 5.41) is 2.75. The van der Waals surface area contributed by atoms with Gasteiger partial charge in [0.15, 0.2) is 0 Å². The van der Waals surface area contributed by atoms with Crippen LogP contribution in [0.5, 0.6) is 0 Å². The first-order valence-corrected chi connectivity index (χ1v) is 10.3. The summed E-state index contributed by atoms with van der Waals surface area (Å²) >= 11 is 7.03. The van der Waals surface area contributed by atoms with Crippen LogP contribution in [0.2, 0.25) is 4.34 Å². The summed E-state index contributed by atoms with van der Waals surface area (Å²) < 4.78 is 10.9. The van der Waals surface area contributed by atoms with E-state index in [2.05, 4.69) is 5.32 Å². The molecule has 0 aliphatic carbocycles. The number of carbonyl (C=O) groups excluding carboxylic acids is 3. The number of anilines is 2. The molecule has 3 amide bonds. The number of carbonyl (C=O) groups is 3. The zero-order valence-corrected chi connectivity index (χ0v) is 16.9. The molecule has 4 rings (SSSR count). The molecule has 0 bridgehead atoms. The Balaban J connectivity index is 1.35. The van der Waals surface area contributed by atoms with E-state index in [4.69, 9.17) is 21.1 Å². The molecular formula is C19H18ClN3O5S. The van der Waals surface area contributed by atoms with Gasteiger partial charge in [0.05, 0.1) is 28.9 Å². The standard InChI is InChI=1S/C19H18ClN3O5S/c20-16-7-6-15(29-16)17(24)21-10-14-11-23(19(26)28-14)13-4-2-12(3-5-13)22-8-1-9-27-18(22)25/h2-7,14H,1,8-11H2,(H,21,24)/t14-/m0/s1. The highest BCUT2D eigenvalue weighted by atomic mass is 35.5. The first-order valence-electron chi connectivity index (χ1n) is 9.07. The number of nitrogens with one attached hydrogen (secondary N) is 1. The van der Waals surface area contributed by atoms with Gasteiger partial charge in [-0.05, 0) is 42.8 Å². The predicted octanol–water partition coefficient (Wildman–Crippen LogP) is 3.50. The minimum Gasteiger partial charge on any atom is -0.449 e. The van der Waals surface area contributed by atoms with Crippen LogP contribution in [-0.4, -0.2) is 50.4 Å². The molecule has 29 heavy (non-hydrogen) atoms. The summed E-state index contributed by atoms with van der Waals surface area (Å²) in [4.78, 5) is 39.7. The molecule has 3 heterocycles. The van der Waals surface area contributed by atoms with E-state index < -0.39 is 12.2 Å². The number of rotatable bonds is 5. The molecule has 1 atom stereocenters. The molecule has 2 aromatic rings. The maximum Gasteiger partial charge on any atom is 0.414 e. The summed E-state index contributed by atoms with van der Waals surface area (Å²) in [5.74, 6) is -0.255. The number of nitrogens with zero attached hydrogens (tertiary/aromatic N) is 2. The SMILES string of the molecule is O=C(NC[C@H]1CN(c2ccc(N3CCCOC3=O)cc2)C(=O)O1)c1ccc(Cl)s1. The molecule has 2 aliphatic heterocycles. The van der Waals surface area contributed by atoms with Crippen LogP contribution >= 0.6 is 22.9 Å². The van der Waals surface area contributed by atoms with Crippen molar-refractivity contribution < 1.29 is 23.9 Å². The molecule has 0 saturated carbocycles. The predicted molar refractivity (Wildman–Crippen MR) is 109 cm³/mol. The largest absolute Gasteiger partial charge is 0.449 e. The van der Waals surface area contributed by atoms with Crippen LogP contribution in [0.1, 0.15) is 16.1 Å². The van der Waals surface area contributed by atoms with Crippen molar-refractivity contribution >= 4 is 52.4 Å². The first kappa shape index (κ1) is 19.5. The summed E-state index contributed by atoms with van der Waals surface area (Å²) in [6.07, 6.45) is -0.531. The van der Waals surface area contributed by atoms with Crippen LogP contribution in [0.3, 0.4) is 0 Å². The third-order valence-electron chi connectivity index (χ3n) is 4.61. The Hall–Kier alpha value is -2.78. The number of amides is 3. The van der Waals surface area contributed by atoms with Gasteiger partial charge in [-0.2, -0.15) is 0 Å². The molecule has 0 radical (unpaired) electrons. The van der Waals surface area contributed by atoms with Crippen LogP contribution in [0, 0.1) is 0 Å². The topological polar surface area (TPSA) is 88.2 Å². The molecule has 0 unspecified atom stereocenters. The summed E-state index contributed by atoms with van der Waals surface area (Å²) in [6.45, 7) is 1.55. The van der Waals surface area contributed by atoms with Crippen molar-refractivity contribution in [2.24, 2.45) is 0 Å². The Kier molecular flexibility index (Phi) is 5.59.